The van der Waals surface area contributed by atoms with Crippen LogP contribution < -0.4 is 5.32 Å². The maximum atomic E-state index is 12.4. The zero-order valence-electron chi connectivity index (χ0n) is 15.7. The number of sulfonamides is 1. The zero-order chi connectivity index (χ0) is 20.0. The van der Waals surface area contributed by atoms with Crippen molar-refractivity contribution in [3.05, 3.63) is 0 Å². The number of amides is 2. The summed E-state index contributed by atoms with van der Waals surface area (Å²) in [5, 5.41) is 2.94. The first kappa shape index (κ1) is 21.4. The molecule has 0 aliphatic carbocycles. The molecule has 11 heteroatoms. The summed E-state index contributed by atoms with van der Waals surface area (Å²) in [4.78, 5) is 37.0. The van der Waals surface area contributed by atoms with E-state index in [1.807, 2.05) is 0 Å². The van der Waals surface area contributed by atoms with Gasteiger partial charge in [-0.15, -0.1) is 0 Å². The Hall–Kier alpha value is -1.88. The van der Waals surface area contributed by atoms with E-state index in [1.54, 1.807) is 4.90 Å². The minimum absolute atomic E-state index is 0.0572. The fraction of sp³-hybridized carbons (Fsp3) is 0.812. The van der Waals surface area contributed by atoms with E-state index in [0.717, 1.165) is 0 Å². The highest BCUT2D eigenvalue weighted by molar-refractivity contribution is 7.88. The molecular weight excluding hydrogens is 378 g/mol. The molecule has 1 N–H and O–H groups in total. The summed E-state index contributed by atoms with van der Waals surface area (Å²) in [6.45, 7) is 1.25. The second kappa shape index (κ2) is 9.36. The van der Waals surface area contributed by atoms with Gasteiger partial charge in [0.05, 0.1) is 19.3 Å². The summed E-state index contributed by atoms with van der Waals surface area (Å²) in [6, 6.07) is -0.257. The first-order chi connectivity index (χ1) is 12.7. The van der Waals surface area contributed by atoms with Crippen molar-refractivity contribution < 1.29 is 32.3 Å². The molecule has 27 heavy (non-hydrogen) atoms. The third kappa shape index (κ3) is 6.35. The van der Waals surface area contributed by atoms with Crippen LogP contribution in [0.25, 0.3) is 0 Å². The monoisotopic (exact) mass is 405 g/mol. The number of piperidine rings is 2. The Morgan fingerprint density at radius 3 is 2.15 bits per heavy atom. The number of esters is 2. The standard InChI is InChI=1S/C16H27N3O7S/c1-25-14(20)11-26-15(21)12-3-7-18(8-4-12)16(22)17-13-5-9-19(10-6-13)27(2,23)24/h12-13H,3-11H2,1-2H3,(H,17,22). The van der Waals surface area contributed by atoms with E-state index < -0.39 is 28.6 Å². The summed E-state index contributed by atoms with van der Waals surface area (Å²) >= 11 is 0. The van der Waals surface area contributed by atoms with Gasteiger partial charge in [-0.05, 0) is 25.7 Å². The van der Waals surface area contributed by atoms with Crippen LogP contribution in [-0.2, 0) is 29.1 Å². The summed E-state index contributed by atoms with van der Waals surface area (Å²) in [5.74, 6) is -1.40. The highest BCUT2D eigenvalue weighted by Crippen LogP contribution is 2.19. The van der Waals surface area contributed by atoms with Gasteiger partial charge in [0.2, 0.25) is 10.0 Å². The van der Waals surface area contributed by atoms with E-state index in [4.69, 9.17) is 4.74 Å². The fourth-order valence-electron chi connectivity index (χ4n) is 3.22. The molecule has 0 saturated carbocycles. The lowest BCUT2D eigenvalue weighted by Gasteiger charge is -2.34. The number of hydrogen-bond donors (Lipinski definition) is 1. The largest absolute Gasteiger partial charge is 0.466 e. The summed E-state index contributed by atoms with van der Waals surface area (Å²) in [5.41, 5.74) is 0. The number of methoxy groups -OCH3 is 1. The molecule has 0 spiro atoms. The van der Waals surface area contributed by atoms with Crippen molar-refractivity contribution in [1.29, 1.82) is 0 Å². The van der Waals surface area contributed by atoms with Crippen LogP contribution in [0.15, 0.2) is 0 Å². The van der Waals surface area contributed by atoms with E-state index in [0.29, 0.717) is 51.9 Å². The van der Waals surface area contributed by atoms with E-state index >= 15 is 0 Å². The number of ether oxygens (including phenoxy) is 2. The van der Waals surface area contributed by atoms with Crippen molar-refractivity contribution in [2.75, 3.05) is 46.2 Å². The van der Waals surface area contributed by atoms with Crippen molar-refractivity contribution in [2.24, 2.45) is 5.92 Å². The third-order valence-corrected chi connectivity index (χ3v) is 6.23. The predicted octanol–water partition coefficient (Wildman–Crippen LogP) is -0.452. The predicted molar refractivity (Wildman–Crippen MR) is 95.2 cm³/mol. The van der Waals surface area contributed by atoms with E-state index in [-0.39, 0.29) is 18.0 Å². The molecule has 0 radical (unpaired) electrons. The van der Waals surface area contributed by atoms with E-state index in [2.05, 4.69) is 10.1 Å². The molecule has 2 aliphatic rings. The second-order valence-electron chi connectivity index (χ2n) is 6.83. The SMILES string of the molecule is COC(=O)COC(=O)C1CCN(C(=O)NC2CCN(S(C)(=O)=O)CC2)CC1. The number of rotatable bonds is 5. The second-order valence-corrected chi connectivity index (χ2v) is 8.81. The molecule has 10 nitrogen and oxygen atoms in total. The molecule has 0 unspecified atom stereocenters. The average molecular weight is 405 g/mol. The molecule has 2 amide bonds. The number of likely N-dealkylation sites (tertiary alicyclic amines) is 1. The lowest BCUT2D eigenvalue weighted by molar-refractivity contribution is -0.160. The van der Waals surface area contributed by atoms with Crippen LogP contribution >= 0.6 is 0 Å². The molecule has 0 atom stereocenters. The molecule has 0 aromatic heterocycles. The molecular formula is C16H27N3O7S. The highest BCUT2D eigenvalue weighted by atomic mass is 32.2. The quantitative estimate of drug-likeness (QED) is 0.615. The number of nitrogens with zero attached hydrogens (tertiary/aromatic N) is 2. The summed E-state index contributed by atoms with van der Waals surface area (Å²) < 4.78 is 33.8. The van der Waals surface area contributed by atoms with Crippen LogP contribution in [0.4, 0.5) is 4.79 Å². The third-order valence-electron chi connectivity index (χ3n) is 4.93. The molecule has 2 saturated heterocycles. The lowest BCUT2D eigenvalue weighted by atomic mass is 9.97. The van der Waals surface area contributed by atoms with Crippen LogP contribution in [0.5, 0.6) is 0 Å². The molecule has 0 aromatic carbocycles. The number of urea groups is 1. The van der Waals surface area contributed by atoms with Gasteiger partial charge >= 0.3 is 18.0 Å². The smallest absolute Gasteiger partial charge is 0.344 e. The van der Waals surface area contributed by atoms with Crippen LogP contribution in [0.1, 0.15) is 25.7 Å². The Bertz CT molecular complexity index is 651. The maximum absolute atomic E-state index is 12.4. The van der Waals surface area contributed by atoms with Crippen LogP contribution in [0.3, 0.4) is 0 Å². The van der Waals surface area contributed by atoms with Gasteiger partial charge in [0.1, 0.15) is 0 Å². The Labute approximate surface area is 159 Å². The molecule has 0 aromatic rings. The minimum atomic E-state index is -3.19. The zero-order valence-corrected chi connectivity index (χ0v) is 16.5. The van der Waals surface area contributed by atoms with Gasteiger partial charge in [-0.25, -0.2) is 22.3 Å². The van der Waals surface area contributed by atoms with Crippen molar-refractivity contribution >= 4 is 28.0 Å². The Morgan fingerprint density at radius 1 is 1.04 bits per heavy atom. The number of carbonyl (C=O) groups excluding carboxylic acids is 3. The van der Waals surface area contributed by atoms with Crippen molar-refractivity contribution in [1.82, 2.24) is 14.5 Å². The van der Waals surface area contributed by atoms with Gasteiger partial charge in [-0.2, -0.15) is 0 Å². The number of carbonyl (C=O) groups is 3. The van der Waals surface area contributed by atoms with Gasteiger partial charge in [-0.1, -0.05) is 0 Å². The lowest BCUT2D eigenvalue weighted by Crippen LogP contribution is -2.51. The average Bonchev–Trinajstić information content (AvgIpc) is 2.65. The fourth-order valence-corrected chi connectivity index (χ4v) is 4.10. The first-order valence-corrected chi connectivity index (χ1v) is 10.8. The van der Waals surface area contributed by atoms with Crippen LogP contribution in [0, 0.1) is 5.92 Å². The summed E-state index contributed by atoms with van der Waals surface area (Å²) in [7, 11) is -1.97. The Kier molecular flexibility index (Phi) is 7.42. The molecule has 2 fully saturated rings. The van der Waals surface area contributed by atoms with Gasteiger partial charge in [0.25, 0.3) is 0 Å². The van der Waals surface area contributed by atoms with Gasteiger partial charge in [-0.3, -0.25) is 4.79 Å². The normalized spacial score (nSPS) is 20.1. The van der Waals surface area contributed by atoms with Crippen molar-refractivity contribution in [3.8, 4) is 0 Å². The molecule has 154 valence electrons. The van der Waals surface area contributed by atoms with E-state index in [9.17, 15) is 22.8 Å². The van der Waals surface area contributed by atoms with E-state index in [1.165, 1.54) is 17.7 Å². The molecule has 2 rings (SSSR count). The van der Waals surface area contributed by atoms with Gasteiger partial charge < -0.3 is 19.7 Å². The number of nitrogens with one attached hydrogen (secondary N) is 1. The minimum Gasteiger partial charge on any atom is -0.466 e. The van der Waals surface area contributed by atoms with Gasteiger partial charge in [0, 0.05) is 32.2 Å². The highest BCUT2D eigenvalue weighted by Gasteiger charge is 2.31. The summed E-state index contributed by atoms with van der Waals surface area (Å²) in [6.07, 6.45) is 3.29. The number of hydrogen-bond acceptors (Lipinski definition) is 7. The first-order valence-electron chi connectivity index (χ1n) is 8.94. The maximum Gasteiger partial charge on any atom is 0.344 e. The van der Waals surface area contributed by atoms with Crippen molar-refractivity contribution in [2.45, 2.75) is 31.7 Å². The van der Waals surface area contributed by atoms with Crippen LogP contribution in [-0.4, -0.2) is 87.8 Å². The topological polar surface area (TPSA) is 122 Å². The molecule has 2 aliphatic heterocycles. The van der Waals surface area contributed by atoms with Crippen LogP contribution in [0.2, 0.25) is 0 Å². The Morgan fingerprint density at radius 2 is 1.63 bits per heavy atom. The molecule has 0 bridgehead atoms. The molecule has 2 heterocycles. The van der Waals surface area contributed by atoms with Crippen molar-refractivity contribution in [3.63, 3.8) is 0 Å². The Balaban J connectivity index is 1.71. The van der Waals surface area contributed by atoms with Gasteiger partial charge in [0.15, 0.2) is 6.61 Å².